The van der Waals surface area contributed by atoms with Crippen LogP contribution in [-0.2, 0) is 0 Å². The van der Waals surface area contributed by atoms with Gasteiger partial charge in [-0.2, -0.15) is 0 Å². The highest BCUT2D eigenvalue weighted by molar-refractivity contribution is 5.63. The number of phenols is 1. The Kier molecular flexibility index (Phi) is 4.22. The van der Waals surface area contributed by atoms with Gasteiger partial charge in [-0.15, -0.1) is 10.2 Å². The van der Waals surface area contributed by atoms with E-state index in [0.717, 1.165) is 25.0 Å². The molecule has 3 rings (SSSR count). The molecule has 2 heterocycles. The molecule has 1 aliphatic heterocycles. The maximum absolute atomic E-state index is 14.0. The molecule has 0 spiro atoms. The number of halogens is 1. The van der Waals surface area contributed by atoms with Crippen molar-refractivity contribution >= 4 is 5.82 Å². The quantitative estimate of drug-likeness (QED) is 0.919. The van der Waals surface area contributed by atoms with Gasteiger partial charge in [-0.1, -0.05) is 12.8 Å². The van der Waals surface area contributed by atoms with E-state index in [2.05, 4.69) is 15.1 Å². The van der Waals surface area contributed by atoms with Gasteiger partial charge in [0.25, 0.3) is 0 Å². The van der Waals surface area contributed by atoms with Crippen molar-refractivity contribution in [2.45, 2.75) is 32.6 Å². The van der Waals surface area contributed by atoms with E-state index in [1.165, 1.54) is 25.7 Å². The van der Waals surface area contributed by atoms with E-state index in [9.17, 15) is 9.50 Å². The predicted octanol–water partition coefficient (Wildman–Crippen LogP) is 3.68. The van der Waals surface area contributed by atoms with Gasteiger partial charge < -0.3 is 10.0 Å². The molecule has 0 aliphatic carbocycles. The number of benzene rings is 1. The second kappa shape index (κ2) is 6.30. The van der Waals surface area contributed by atoms with Gasteiger partial charge in [0.1, 0.15) is 11.6 Å². The molecule has 1 fully saturated rings. The zero-order valence-corrected chi connectivity index (χ0v) is 12.7. The molecule has 1 aliphatic rings. The van der Waals surface area contributed by atoms with E-state index >= 15 is 0 Å². The lowest BCUT2D eigenvalue weighted by Gasteiger charge is -2.20. The van der Waals surface area contributed by atoms with Gasteiger partial charge in [0.05, 0.1) is 5.69 Å². The normalized spacial score (nSPS) is 15.6. The summed E-state index contributed by atoms with van der Waals surface area (Å²) in [6.07, 6.45) is 4.88. The summed E-state index contributed by atoms with van der Waals surface area (Å²) < 4.78 is 14.0. The van der Waals surface area contributed by atoms with Gasteiger partial charge in [0.2, 0.25) is 0 Å². The van der Waals surface area contributed by atoms with E-state index in [4.69, 9.17) is 0 Å². The Morgan fingerprint density at radius 1 is 1.05 bits per heavy atom. The first-order valence-electron chi connectivity index (χ1n) is 7.73. The van der Waals surface area contributed by atoms with Crippen molar-refractivity contribution in [3.63, 3.8) is 0 Å². The molecule has 1 N–H and O–H groups in total. The summed E-state index contributed by atoms with van der Waals surface area (Å²) in [6.45, 7) is 3.73. The molecule has 0 radical (unpaired) electrons. The van der Waals surface area contributed by atoms with Crippen LogP contribution in [0.1, 0.15) is 31.2 Å². The van der Waals surface area contributed by atoms with Crippen LogP contribution >= 0.6 is 0 Å². The Morgan fingerprint density at radius 2 is 1.77 bits per heavy atom. The second-order valence-electron chi connectivity index (χ2n) is 5.80. The first-order valence-corrected chi connectivity index (χ1v) is 7.73. The minimum atomic E-state index is -0.486. The van der Waals surface area contributed by atoms with Crippen molar-refractivity contribution in [1.29, 1.82) is 0 Å². The zero-order chi connectivity index (χ0) is 15.5. The number of phenolic OH excluding ortho intramolecular Hbond substituents is 1. The van der Waals surface area contributed by atoms with Crippen molar-refractivity contribution in [1.82, 2.24) is 10.2 Å². The fourth-order valence-electron chi connectivity index (χ4n) is 2.80. The third-order valence-corrected chi connectivity index (χ3v) is 4.14. The summed E-state index contributed by atoms with van der Waals surface area (Å²) in [5.74, 6) is 0.317. The fourth-order valence-corrected chi connectivity index (χ4v) is 2.80. The van der Waals surface area contributed by atoms with Crippen LogP contribution in [0.3, 0.4) is 0 Å². The molecule has 1 saturated heterocycles. The molecule has 4 nitrogen and oxygen atoms in total. The first-order chi connectivity index (χ1) is 10.6. The Labute approximate surface area is 129 Å². The summed E-state index contributed by atoms with van der Waals surface area (Å²) in [4.78, 5) is 2.24. The van der Waals surface area contributed by atoms with Crippen molar-refractivity contribution in [2.75, 3.05) is 18.0 Å². The average molecular weight is 301 g/mol. The molecule has 0 bridgehead atoms. The van der Waals surface area contributed by atoms with Crippen molar-refractivity contribution in [3.8, 4) is 17.0 Å². The van der Waals surface area contributed by atoms with Gasteiger partial charge in [0, 0.05) is 24.7 Å². The second-order valence-corrected chi connectivity index (χ2v) is 5.80. The third-order valence-electron chi connectivity index (χ3n) is 4.14. The fraction of sp³-hybridized carbons (Fsp3) is 0.412. The monoisotopic (exact) mass is 301 g/mol. The van der Waals surface area contributed by atoms with Crippen LogP contribution in [0.4, 0.5) is 10.2 Å². The van der Waals surface area contributed by atoms with E-state index in [-0.39, 0.29) is 5.75 Å². The Hall–Kier alpha value is -2.17. The maximum Gasteiger partial charge on any atom is 0.151 e. The standard InChI is InChI=1S/C17H20FN3O/c1-12-10-13(14(18)11-16(12)22)15-6-7-17(20-19-15)21-8-4-2-3-5-9-21/h6-7,10-11,22H,2-5,8-9H2,1H3. The highest BCUT2D eigenvalue weighted by Gasteiger charge is 2.14. The summed E-state index contributed by atoms with van der Waals surface area (Å²) >= 11 is 0. The van der Waals surface area contributed by atoms with Crippen LogP contribution in [0.25, 0.3) is 11.3 Å². The Balaban J connectivity index is 1.86. The summed E-state index contributed by atoms with van der Waals surface area (Å²) in [6, 6.07) is 6.41. The van der Waals surface area contributed by atoms with E-state index in [1.807, 2.05) is 6.07 Å². The van der Waals surface area contributed by atoms with Crippen LogP contribution < -0.4 is 4.90 Å². The molecule has 2 aromatic rings. The molecule has 0 atom stereocenters. The number of aromatic nitrogens is 2. The number of hydrogen-bond donors (Lipinski definition) is 1. The average Bonchev–Trinajstić information content (AvgIpc) is 2.80. The molecule has 0 amide bonds. The number of aromatic hydroxyl groups is 1. The first kappa shape index (κ1) is 14.8. The number of aryl methyl sites for hydroxylation is 1. The minimum absolute atomic E-state index is 0.0459. The lowest BCUT2D eigenvalue weighted by Crippen LogP contribution is -2.25. The number of anilines is 1. The topological polar surface area (TPSA) is 49.2 Å². The molecule has 0 saturated carbocycles. The van der Waals surface area contributed by atoms with Crippen molar-refractivity contribution in [2.24, 2.45) is 0 Å². The van der Waals surface area contributed by atoms with Crippen molar-refractivity contribution < 1.29 is 9.50 Å². The molecular weight excluding hydrogens is 281 g/mol. The highest BCUT2D eigenvalue weighted by Crippen LogP contribution is 2.28. The third kappa shape index (κ3) is 3.03. The predicted molar refractivity (Wildman–Crippen MR) is 84.5 cm³/mol. The van der Waals surface area contributed by atoms with E-state index < -0.39 is 5.82 Å². The Bertz CT molecular complexity index is 650. The number of nitrogens with zero attached hydrogens (tertiary/aromatic N) is 3. The highest BCUT2D eigenvalue weighted by atomic mass is 19.1. The number of rotatable bonds is 2. The lowest BCUT2D eigenvalue weighted by atomic mass is 10.1. The smallest absolute Gasteiger partial charge is 0.151 e. The Morgan fingerprint density at radius 3 is 2.41 bits per heavy atom. The van der Waals surface area contributed by atoms with E-state index in [0.29, 0.717) is 16.8 Å². The largest absolute Gasteiger partial charge is 0.508 e. The van der Waals surface area contributed by atoms with Gasteiger partial charge >= 0.3 is 0 Å². The SMILES string of the molecule is Cc1cc(-c2ccc(N3CCCCCC3)nn2)c(F)cc1O. The molecule has 5 heteroatoms. The van der Waals surface area contributed by atoms with Gasteiger partial charge in [-0.3, -0.25) is 0 Å². The van der Waals surface area contributed by atoms with Crippen LogP contribution in [0, 0.1) is 12.7 Å². The van der Waals surface area contributed by atoms with Crippen LogP contribution in [0.15, 0.2) is 24.3 Å². The summed E-state index contributed by atoms with van der Waals surface area (Å²) in [5.41, 5.74) is 1.47. The lowest BCUT2D eigenvalue weighted by molar-refractivity contribution is 0.465. The van der Waals surface area contributed by atoms with Gasteiger partial charge in [-0.25, -0.2) is 4.39 Å². The number of hydrogen-bond acceptors (Lipinski definition) is 4. The van der Waals surface area contributed by atoms with Crippen LogP contribution in [0.5, 0.6) is 5.75 Å². The molecular formula is C17H20FN3O. The maximum atomic E-state index is 14.0. The van der Waals surface area contributed by atoms with Crippen LogP contribution in [-0.4, -0.2) is 28.4 Å². The van der Waals surface area contributed by atoms with E-state index in [1.54, 1.807) is 19.1 Å². The molecule has 116 valence electrons. The summed E-state index contributed by atoms with van der Waals surface area (Å²) in [5, 5.41) is 18.0. The van der Waals surface area contributed by atoms with Gasteiger partial charge in [0.15, 0.2) is 5.82 Å². The zero-order valence-electron chi connectivity index (χ0n) is 12.7. The molecule has 22 heavy (non-hydrogen) atoms. The molecule has 1 aromatic heterocycles. The van der Waals surface area contributed by atoms with Crippen LogP contribution in [0.2, 0.25) is 0 Å². The molecule has 1 aromatic carbocycles. The van der Waals surface area contributed by atoms with Crippen molar-refractivity contribution in [3.05, 3.63) is 35.6 Å². The summed E-state index contributed by atoms with van der Waals surface area (Å²) in [7, 11) is 0. The van der Waals surface area contributed by atoms with Gasteiger partial charge in [-0.05, 0) is 43.5 Å². The molecule has 0 unspecified atom stereocenters. The minimum Gasteiger partial charge on any atom is -0.508 e.